The predicted octanol–water partition coefficient (Wildman–Crippen LogP) is 5.00. The molecular formula is C30H26FN5O3. The Morgan fingerprint density at radius 3 is 2.23 bits per heavy atom. The highest BCUT2D eigenvalue weighted by atomic mass is 19.1. The van der Waals surface area contributed by atoms with Crippen LogP contribution in [0.5, 0.6) is 5.75 Å². The number of Topliss-reactive ketones (excluding diaryl/α,β-unsaturated/α-hetero) is 1. The molecule has 8 nitrogen and oxygen atoms in total. The summed E-state index contributed by atoms with van der Waals surface area (Å²) in [6, 6.07) is 22.7. The van der Waals surface area contributed by atoms with Crippen LogP contribution in [0.1, 0.15) is 21.5 Å². The normalized spacial score (nSPS) is 10.8. The minimum absolute atomic E-state index is 0.0679. The zero-order valence-electron chi connectivity index (χ0n) is 21.4. The summed E-state index contributed by atoms with van der Waals surface area (Å²) < 4.78 is 20.2. The predicted molar refractivity (Wildman–Crippen MR) is 147 cm³/mol. The maximum absolute atomic E-state index is 13.1. The molecule has 0 aliphatic heterocycles. The number of nitrogens with zero attached hydrogens (tertiary/aromatic N) is 3. The number of hydrogen-bond acceptors (Lipinski definition) is 6. The number of carbonyl (C=O) groups excluding carboxylic acids is 2. The Balaban J connectivity index is 1.28. The Bertz CT molecular complexity index is 1650. The minimum atomic E-state index is -0.313. The van der Waals surface area contributed by atoms with Crippen molar-refractivity contribution in [3.05, 3.63) is 108 Å². The van der Waals surface area contributed by atoms with Crippen LogP contribution >= 0.6 is 0 Å². The number of carbonyl (C=O) groups is 2. The summed E-state index contributed by atoms with van der Waals surface area (Å²) >= 11 is 0. The van der Waals surface area contributed by atoms with Crippen molar-refractivity contribution >= 4 is 29.0 Å². The highest BCUT2D eigenvalue weighted by Crippen LogP contribution is 2.28. The zero-order chi connectivity index (χ0) is 27.4. The fraction of sp³-hybridized carbons (Fsp3) is 0.133. The molecule has 39 heavy (non-hydrogen) atoms. The van der Waals surface area contributed by atoms with Crippen LogP contribution in [-0.2, 0) is 17.6 Å². The maximum Gasteiger partial charge on any atom is 0.251 e. The number of hydrogen-bond donors (Lipinski definition) is 2. The van der Waals surface area contributed by atoms with E-state index in [-0.39, 0.29) is 23.9 Å². The third-order valence-corrected chi connectivity index (χ3v) is 6.27. The van der Waals surface area contributed by atoms with Crippen molar-refractivity contribution in [2.45, 2.75) is 12.8 Å². The lowest BCUT2D eigenvalue weighted by molar-refractivity contribution is -0.117. The molecule has 1 amide bonds. The topological polar surface area (TPSA) is 97.6 Å². The molecule has 0 bridgehead atoms. The summed E-state index contributed by atoms with van der Waals surface area (Å²) in [5, 5.41) is 10.3. The second-order valence-electron chi connectivity index (χ2n) is 8.99. The molecule has 0 atom stereocenters. The van der Waals surface area contributed by atoms with Gasteiger partial charge in [0.2, 0.25) is 5.95 Å². The first kappa shape index (κ1) is 25.6. The number of amides is 1. The standard InChI is InChI=1S/C30H26FN5O3/c1-32-29(38)22-9-13-26(27(17-22)39-2)33-30-34-28-14-10-23(18-36(28)35-30)21-7-3-19(4-8-21)15-25(37)16-20-5-11-24(31)12-6-20/h3-14,17-18H,15-16H2,1-2H3,(H,32,38)(H,33,35). The summed E-state index contributed by atoms with van der Waals surface area (Å²) in [5.41, 5.74) is 5.40. The third-order valence-electron chi connectivity index (χ3n) is 6.27. The van der Waals surface area contributed by atoms with E-state index >= 15 is 0 Å². The Hall–Kier alpha value is -5.05. The van der Waals surface area contributed by atoms with E-state index in [0.29, 0.717) is 35.0 Å². The first-order valence-corrected chi connectivity index (χ1v) is 12.3. The smallest absolute Gasteiger partial charge is 0.251 e. The molecule has 2 aromatic heterocycles. The fourth-order valence-corrected chi connectivity index (χ4v) is 4.24. The number of fused-ring (bicyclic) bond motifs is 1. The molecule has 0 spiro atoms. The van der Waals surface area contributed by atoms with Gasteiger partial charge in [0.15, 0.2) is 5.65 Å². The van der Waals surface area contributed by atoms with Crippen molar-refractivity contribution in [2.24, 2.45) is 0 Å². The number of ketones is 1. The highest BCUT2D eigenvalue weighted by molar-refractivity contribution is 5.95. The van der Waals surface area contributed by atoms with Gasteiger partial charge in [-0.3, -0.25) is 9.59 Å². The van der Waals surface area contributed by atoms with E-state index in [1.54, 1.807) is 41.9 Å². The van der Waals surface area contributed by atoms with E-state index in [1.807, 2.05) is 42.6 Å². The summed E-state index contributed by atoms with van der Waals surface area (Å²) in [6.07, 6.45) is 2.46. The van der Waals surface area contributed by atoms with Crippen LogP contribution < -0.4 is 15.4 Å². The lowest BCUT2D eigenvalue weighted by Crippen LogP contribution is -2.17. The molecule has 9 heteroatoms. The van der Waals surface area contributed by atoms with Crippen molar-refractivity contribution in [1.29, 1.82) is 0 Å². The van der Waals surface area contributed by atoms with Crippen LogP contribution in [0.25, 0.3) is 16.8 Å². The second kappa shape index (κ2) is 11.1. The van der Waals surface area contributed by atoms with Crippen LogP contribution in [0.15, 0.2) is 85.1 Å². The van der Waals surface area contributed by atoms with Gasteiger partial charge in [-0.2, -0.15) is 4.98 Å². The Kier molecular flexibility index (Phi) is 7.31. The summed E-state index contributed by atoms with van der Waals surface area (Å²) in [6.45, 7) is 0. The first-order chi connectivity index (χ1) is 18.9. The van der Waals surface area contributed by atoms with Gasteiger partial charge in [0.1, 0.15) is 17.3 Å². The van der Waals surface area contributed by atoms with Gasteiger partial charge < -0.3 is 15.4 Å². The maximum atomic E-state index is 13.1. The Morgan fingerprint density at radius 2 is 1.56 bits per heavy atom. The number of anilines is 2. The average molecular weight is 524 g/mol. The molecule has 2 heterocycles. The van der Waals surface area contributed by atoms with Gasteiger partial charge in [-0.15, -0.1) is 5.10 Å². The quantitative estimate of drug-likeness (QED) is 0.282. The molecule has 2 N–H and O–H groups in total. The molecule has 0 radical (unpaired) electrons. The molecule has 196 valence electrons. The molecule has 0 aliphatic carbocycles. The first-order valence-electron chi connectivity index (χ1n) is 12.3. The van der Waals surface area contributed by atoms with E-state index in [9.17, 15) is 14.0 Å². The molecule has 0 fully saturated rings. The van der Waals surface area contributed by atoms with Gasteiger partial charge in [-0.05, 0) is 59.2 Å². The van der Waals surface area contributed by atoms with E-state index < -0.39 is 0 Å². The molecule has 5 aromatic rings. The average Bonchev–Trinajstić information content (AvgIpc) is 3.36. The van der Waals surface area contributed by atoms with Crippen molar-refractivity contribution in [2.75, 3.05) is 19.5 Å². The SMILES string of the molecule is CNC(=O)c1ccc(Nc2nc3ccc(-c4ccc(CC(=O)Cc5ccc(F)cc5)cc4)cn3n2)c(OC)c1. The van der Waals surface area contributed by atoms with Gasteiger partial charge >= 0.3 is 0 Å². The third kappa shape index (κ3) is 5.93. The van der Waals surface area contributed by atoms with Gasteiger partial charge in [0.25, 0.3) is 5.91 Å². The van der Waals surface area contributed by atoms with Crippen LogP contribution in [0.3, 0.4) is 0 Å². The molecule has 0 unspecified atom stereocenters. The number of methoxy groups -OCH3 is 1. The summed E-state index contributed by atoms with van der Waals surface area (Å²) in [4.78, 5) is 28.9. The minimum Gasteiger partial charge on any atom is -0.495 e. The lowest BCUT2D eigenvalue weighted by Gasteiger charge is -2.10. The number of nitrogens with one attached hydrogen (secondary N) is 2. The van der Waals surface area contributed by atoms with E-state index in [4.69, 9.17) is 4.74 Å². The van der Waals surface area contributed by atoms with Gasteiger partial charge in [-0.25, -0.2) is 8.91 Å². The number of ether oxygens (including phenoxy) is 1. The summed E-state index contributed by atoms with van der Waals surface area (Å²) in [5.74, 6) is 0.425. The number of pyridine rings is 1. The molecular weight excluding hydrogens is 497 g/mol. The number of aromatic nitrogens is 3. The second-order valence-corrected chi connectivity index (χ2v) is 8.99. The fourth-order valence-electron chi connectivity index (χ4n) is 4.24. The van der Waals surface area contributed by atoms with E-state index in [1.165, 1.54) is 19.2 Å². The lowest BCUT2D eigenvalue weighted by atomic mass is 10.0. The van der Waals surface area contributed by atoms with Crippen molar-refractivity contribution < 1.29 is 18.7 Å². The molecule has 0 aliphatic rings. The van der Waals surface area contributed by atoms with Gasteiger partial charge in [-0.1, -0.05) is 36.4 Å². The number of rotatable bonds is 9. The molecule has 0 saturated heterocycles. The van der Waals surface area contributed by atoms with Crippen molar-refractivity contribution in [3.63, 3.8) is 0 Å². The molecule has 0 saturated carbocycles. The largest absolute Gasteiger partial charge is 0.495 e. The van der Waals surface area contributed by atoms with Gasteiger partial charge in [0.05, 0.1) is 12.8 Å². The van der Waals surface area contributed by atoms with Crippen molar-refractivity contribution in [1.82, 2.24) is 19.9 Å². The zero-order valence-corrected chi connectivity index (χ0v) is 21.4. The van der Waals surface area contributed by atoms with E-state index in [0.717, 1.165) is 22.3 Å². The van der Waals surface area contributed by atoms with Crippen LogP contribution in [0, 0.1) is 5.82 Å². The van der Waals surface area contributed by atoms with Crippen molar-refractivity contribution in [3.8, 4) is 16.9 Å². The van der Waals surface area contributed by atoms with Crippen LogP contribution in [0.2, 0.25) is 0 Å². The van der Waals surface area contributed by atoms with Gasteiger partial charge in [0, 0.05) is 37.2 Å². The molecule has 5 rings (SSSR count). The number of benzene rings is 3. The monoisotopic (exact) mass is 523 g/mol. The Morgan fingerprint density at radius 1 is 0.897 bits per heavy atom. The van der Waals surface area contributed by atoms with E-state index in [2.05, 4.69) is 20.7 Å². The highest BCUT2D eigenvalue weighted by Gasteiger charge is 2.12. The molecule has 3 aromatic carbocycles. The Labute approximate surface area is 224 Å². The number of halogens is 1. The van der Waals surface area contributed by atoms with Crippen LogP contribution in [0.4, 0.5) is 16.0 Å². The van der Waals surface area contributed by atoms with Crippen LogP contribution in [-0.4, -0.2) is 40.4 Å². The summed E-state index contributed by atoms with van der Waals surface area (Å²) in [7, 11) is 3.10.